The second-order valence-electron chi connectivity index (χ2n) is 7.94. The fourth-order valence-electron chi connectivity index (χ4n) is 3.58. The van der Waals surface area contributed by atoms with Crippen molar-refractivity contribution in [2.75, 3.05) is 5.32 Å². The third kappa shape index (κ3) is 4.43. The van der Waals surface area contributed by atoms with E-state index >= 15 is 4.39 Å². The molecule has 0 spiro atoms. The number of aromatic nitrogens is 4. The third-order valence-electron chi connectivity index (χ3n) is 5.58. The van der Waals surface area contributed by atoms with Crippen molar-refractivity contribution in [3.63, 3.8) is 0 Å². The van der Waals surface area contributed by atoms with Crippen molar-refractivity contribution in [3.8, 4) is 0 Å². The van der Waals surface area contributed by atoms with Gasteiger partial charge in [-0.1, -0.05) is 11.2 Å². The summed E-state index contributed by atoms with van der Waals surface area (Å²) in [5.74, 6) is -2.26. The van der Waals surface area contributed by atoms with Gasteiger partial charge in [0, 0.05) is 35.9 Å². The third-order valence-corrected chi connectivity index (χ3v) is 6.38. The molecule has 0 saturated heterocycles. The fraction of sp³-hybridized carbons (Fsp3) is 0.217. The highest BCUT2D eigenvalue weighted by Crippen LogP contribution is 2.37. The molecule has 4 aromatic rings. The summed E-state index contributed by atoms with van der Waals surface area (Å²) in [6, 6.07) is 7.37. The number of pyridine rings is 1. The monoisotopic (exact) mass is 515 g/mol. The molecule has 33 heavy (non-hydrogen) atoms. The molecular weight excluding hydrogens is 496 g/mol. The van der Waals surface area contributed by atoms with Crippen LogP contribution in [0.2, 0.25) is 0 Å². The Kier molecular flexibility index (Phi) is 6.11. The lowest BCUT2D eigenvalue weighted by Gasteiger charge is -2.29. The summed E-state index contributed by atoms with van der Waals surface area (Å²) in [7, 11) is 1.77. The highest BCUT2D eigenvalue weighted by atomic mass is 79.9. The van der Waals surface area contributed by atoms with Gasteiger partial charge in [-0.25, -0.2) is 13.8 Å². The second kappa shape index (κ2) is 8.86. The summed E-state index contributed by atoms with van der Waals surface area (Å²) in [4.78, 5) is 16.9. The van der Waals surface area contributed by atoms with Gasteiger partial charge < -0.3 is 9.84 Å². The average Bonchev–Trinajstić information content (AvgIpc) is 3.47. The number of nitrogens with one attached hydrogen (secondary N) is 1. The first kappa shape index (κ1) is 22.8. The Hall–Kier alpha value is -3.40. The van der Waals surface area contributed by atoms with Gasteiger partial charge in [0.2, 0.25) is 0 Å². The van der Waals surface area contributed by atoms with Crippen LogP contribution in [-0.2, 0) is 18.9 Å². The summed E-state index contributed by atoms with van der Waals surface area (Å²) >= 11 is 3.45. The summed E-state index contributed by atoms with van der Waals surface area (Å²) < 4.78 is 37.3. The summed E-state index contributed by atoms with van der Waals surface area (Å²) in [6.45, 7) is 3.76. The van der Waals surface area contributed by atoms with Gasteiger partial charge in [-0.05, 0) is 60.0 Å². The van der Waals surface area contributed by atoms with E-state index in [1.807, 2.05) is 26.0 Å². The van der Waals surface area contributed by atoms with Crippen molar-refractivity contribution in [1.82, 2.24) is 19.9 Å². The topological polar surface area (TPSA) is 85.8 Å². The molecule has 7 nitrogen and oxygen atoms in total. The molecule has 3 aromatic heterocycles. The van der Waals surface area contributed by atoms with E-state index in [2.05, 4.69) is 41.0 Å². The minimum atomic E-state index is -0.916. The number of carbonyl (C=O) groups is 1. The van der Waals surface area contributed by atoms with Gasteiger partial charge in [0.25, 0.3) is 5.91 Å². The molecule has 1 amide bonds. The minimum Gasteiger partial charge on any atom is -0.364 e. The number of amides is 1. The largest absolute Gasteiger partial charge is 0.364 e. The summed E-state index contributed by atoms with van der Waals surface area (Å²) in [5, 5.41) is 10.2. The number of rotatable bonds is 6. The molecule has 0 aliphatic heterocycles. The highest BCUT2D eigenvalue weighted by molar-refractivity contribution is 9.10. The first-order chi connectivity index (χ1) is 15.7. The molecule has 0 bridgehead atoms. The summed E-state index contributed by atoms with van der Waals surface area (Å²) in [6.07, 6.45) is 4.61. The number of nitrogens with zero attached hydrogens (tertiary/aromatic N) is 4. The van der Waals surface area contributed by atoms with Gasteiger partial charge in [0.05, 0.1) is 17.6 Å². The van der Waals surface area contributed by atoms with Crippen LogP contribution in [0, 0.1) is 18.6 Å². The number of hydrogen-bond donors (Lipinski definition) is 1. The van der Waals surface area contributed by atoms with Gasteiger partial charge in [-0.2, -0.15) is 5.10 Å². The zero-order chi connectivity index (χ0) is 23.8. The molecule has 0 saturated carbocycles. The Morgan fingerprint density at radius 2 is 2.03 bits per heavy atom. The van der Waals surface area contributed by atoms with Gasteiger partial charge >= 0.3 is 0 Å². The highest BCUT2D eigenvalue weighted by Gasteiger charge is 2.35. The van der Waals surface area contributed by atoms with Crippen molar-refractivity contribution in [2.24, 2.45) is 7.05 Å². The Balaban J connectivity index is 1.77. The predicted molar refractivity (Wildman–Crippen MR) is 121 cm³/mol. The number of aryl methyl sites for hydroxylation is 2. The maximum Gasteiger partial charge on any atom is 0.277 e. The Bertz CT molecular complexity index is 1320. The SMILES string of the molecule is Cc1ccc(C(C)(Cc2c(F)ccc(NC(=O)c3ccon3)c2F)c2cnn(C)c2)nc1Br. The molecule has 1 N–H and O–H groups in total. The molecule has 10 heteroatoms. The molecule has 0 radical (unpaired) electrons. The van der Waals surface area contributed by atoms with Crippen molar-refractivity contribution in [2.45, 2.75) is 25.7 Å². The standard InChI is InChI=1S/C23H20BrF2N5O2/c1-13-4-7-19(29-21(13)24)23(2,14-11-27-31(3)12-14)10-15-16(25)5-6-17(20(15)26)28-22(32)18-8-9-33-30-18/h4-9,11-12H,10H2,1-3H3,(H,28,32). The summed E-state index contributed by atoms with van der Waals surface area (Å²) in [5.41, 5.74) is 1.01. The van der Waals surface area contributed by atoms with Gasteiger partial charge in [0.15, 0.2) is 11.5 Å². The van der Waals surface area contributed by atoms with Crippen molar-refractivity contribution >= 4 is 27.5 Å². The van der Waals surface area contributed by atoms with Crippen LogP contribution in [0.3, 0.4) is 0 Å². The van der Waals surface area contributed by atoms with E-state index in [0.29, 0.717) is 10.3 Å². The molecule has 0 aliphatic rings. The number of hydrogen-bond acceptors (Lipinski definition) is 5. The molecule has 3 heterocycles. The van der Waals surface area contributed by atoms with Crippen LogP contribution >= 0.6 is 15.9 Å². The lowest BCUT2D eigenvalue weighted by molar-refractivity contribution is 0.101. The quantitative estimate of drug-likeness (QED) is 0.367. The van der Waals surface area contributed by atoms with E-state index in [0.717, 1.165) is 17.2 Å². The maximum atomic E-state index is 15.5. The zero-order valence-electron chi connectivity index (χ0n) is 18.1. The van der Waals surface area contributed by atoms with E-state index in [-0.39, 0.29) is 23.4 Å². The smallest absolute Gasteiger partial charge is 0.277 e. The van der Waals surface area contributed by atoms with Gasteiger partial charge in [-0.3, -0.25) is 9.48 Å². The van der Waals surface area contributed by atoms with Crippen LogP contribution in [0.5, 0.6) is 0 Å². The molecule has 4 rings (SSSR count). The van der Waals surface area contributed by atoms with Crippen LogP contribution in [0.15, 0.2) is 58.1 Å². The fourth-order valence-corrected chi connectivity index (χ4v) is 3.91. The van der Waals surface area contributed by atoms with Gasteiger partial charge in [-0.15, -0.1) is 0 Å². The molecule has 0 aliphatic carbocycles. The van der Waals surface area contributed by atoms with Crippen LogP contribution in [0.25, 0.3) is 0 Å². The van der Waals surface area contributed by atoms with Crippen LogP contribution < -0.4 is 5.32 Å². The Morgan fingerprint density at radius 3 is 2.67 bits per heavy atom. The lowest BCUT2D eigenvalue weighted by atomic mass is 9.75. The maximum absolute atomic E-state index is 15.5. The molecule has 0 fully saturated rings. The molecule has 1 unspecified atom stereocenters. The Labute approximate surface area is 196 Å². The predicted octanol–water partition coefficient (Wildman–Crippen LogP) is 4.95. The van der Waals surface area contributed by atoms with Crippen LogP contribution in [0.4, 0.5) is 14.5 Å². The second-order valence-corrected chi connectivity index (χ2v) is 8.69. The molecule has 1 aromatic carbocycles. The van der Waals surface area contributed by atoms with E-state index in [1.165, 1.54) is 18.4 Å². The van der Waals surface area contributed by atoms with Crippen LogP contribution in [0.1, 0.15) is 39.8 Å². The lowest BCUT2D eigenvalue weighted by Crippen LogP contribution is -2.29. The van der Waals surface area contributed by atoms with E-state index in [1.54, 1.807) is 24.1 Å². The Morgan fingerprint density at radius 1 is 1.24 bits per heavy atom. The minimum absolute atomic E-state index is 0.0193. The first-order valence-electron chi connectivity index (χ1n) is 10.0. The average molecular weight is 516 g/mol. The van der Waals surface area contributed by atoms with E-state index in [9.17, 15) is 9.18 Å². The van der Waals surface area contributed by atoms with Crippen LogP contribution in [-0.4, -0.2) is 25.8 Å². The van der Waals surface area contributed by atoms with Crippen molar-refractivity contribution in [1.29, 1.82) is 0 Å². The van der Waals surface area contributed by atoms with E-state index in [4.69, 9.17) is 0 Å². The van der Waals surface area contributed by atoms with Crippen molar-refractivity contribution < 1.29 is 18.1 Å². The molecular formula is C23H20BrF2N5O2. The molecule has 170 valence electrons. The number of anilines is 1. The first-order valence-corrected chi connectivity index (χ1v) is 10.8. The molecule has 1 atom stereocenters. The number of benzene rings is 1. The van der Waals surface area contributed by atoms with E-state index < -0.39 is 23.0 Å². The zero-order valence-corrected chi connectivity index (χ0v) is 19.7. The van der Waals surface area contributed by atoms with Gasteiger partial charge in [0.1, 0.15) is 16.7 Å². The number of halogens is 3. The number of carbonyl (C=O) groups excluding carboxylic acids is 1. The van der Waals surface area contributed by atoms with Crippen molar-refractivity contribution in [3.05, 3.63) is 93.3 Å². The normalized spacial score (nSPS) is 13.0.